The molecule has 0 fully saturated rings. The van der Waals surface area contributed by atoms with E-state index in [4.69, 9.17) is 14.2 Å². The van der Waals surface area contributed by atoms with Gasteiger partial charge in [0.25, 0.3) is 5.91 Å². The number of amides is 1. The highest BCUT2D eigenvalue weighted by Crippen LogP contribution is 2.20. The molecule has 0 bridgehead atoms. The third-order valence-electron chi connectivity index (χ3n) is 3.95. The molecular formula is C19H32N2O6. The zero-order valence-corrected chi connectivity index (χ0v) is 17.1. The molecule has 0 saturated carbocycles. The van der Waals surface area contributed by atoms with E-state index in [2.05, 4.69) is 4.98 Å². The number of nitrogens with one attached hydrogen (secondary N) is 1. The van der Waals surface area contributed by atoms with Gasteiger partial charge < -0.3 is 29.2 Å². The highest BCUT2D eigenvalue weighted by atomic mass is 16.5. The number of H-pyrrole nitrogens is 1. The number of aliphatic hydroxyl groups is 1. The molecule has 0 saturated heterocycles. The number of rotatable bonds is 11. The number of nitrogens with zero attached hydrogens (tertiary/aromatic N) is 1. The van der Waals surface area contributed by atoms with Crippen molar-refractivity contribution in [1.82, 2.24) is 9.88 Å². The number of hydrogen-bond acceptors (Lipinski definition) is 6. The van der Waals surface area contributed by atoms with Crippen LogP contribution in [0.15, 0.2) is 0 Å². The lowest BCUT2D eigenvalue weighted by Crippen LogP contribution is -2.37. The van der Waals surface area contributed by atoms with Crippen LogP contribution < -0.4 is 0 Å². The van der Waals surface area contributed by atoms with Crippen LogP contribution in [0.3, 0.4) is 0 Å². The Bertz CT molecular complexity index is 626. The number of hydrogen-bond donors (Lipinski definition) is 2. The molecule has 1 atom stereocenters. The molecule has 1 aromatic heterocycles. The van der Waals surface area contributed by atoms with Crippen molar-refractivity contribution in [2.75, 3.05) is 40.0 Å². The van der Waals surface area contributed by atoms with Gasteiger partial charge >= 0.3 is 5.97 Å². The molecule has 0 unspecified atom stereocenters. The molecule has 1 amide bonds. The number of carbonyl (C=O) groups is 2. The lowest BCUT2D eigenvalue weighted by Gasteiger charge is -2.21. The summed E-state index contributed by atoms with van der Waals surface area (Å²) in [5.74, 6) is -0.768. The molecule has 0 radical (unpaired) electrons. The Labute approximate surface area is 160 Å². The summed E-state index contributed by atoms with van der Waals surface area (Å²) in [6.07, 6.45) is -0.687. The topological polar surface area (TPSA) is 101 Å². The Hall–Kier alpha value is -1.90. The third kappa shape index (κ3) is 6.97. The minimum absolute atomic E-state index is 0.107. The summed E-state index contributed by atoms with van der Waals surface area (Å²) in [6, 6.07) is 0. The maximum absolute atomic E-state index is 12.7. The van der Waals surface area contributed by atoms with Gasteiger partial charge in [0, 0.05) is 19.3 Å². The van der Waals surface area contributed by atoms with E-state index in [0.29, 0.717) is 35.7 Å². The zero-order chi connectivity index (χ0) is 20.6. The number of aryl methyl sites for hydroxylation is 1. The first-order chi connectivity index (χ1) is 12.7. The molecule has 1 aromatic rings. The molecule has 8 heteroatoms. The highest BCUT2D eigenvalue weighted by Gasteiger charge is 2.25. The van der Waals surface area contributed by atoms with Crippen LogP contribution in [0.2, 0.25) is 0 Å². The van der Waals surface area contributed by atoms with Crippen LogP contribution in [0.5, 0.6) is 0 Å². The number of ether oxygens (including phenoxy) is 3. The average Bonchev–Trinajstić information content (AvgIpc) is 2.88. The minimum atomic E-state index is -0.820. The average molecular weight is 384 g/mol. The fraction of sp³-hybridized carbons (Fsp3) is 0.684. The molecule has 0 aliphatic rings. The Kier molecular flexibility index (Phi) is 9.48. The Morgan fingerprint density at radius 3 is 2.48 bits per heavy atom. The number of esters is 1. The second-order valence-corrected chi connectivity index (χ2v) is 6.68. The van der Waals surface area contributed by atoms with Gasteiger partial charge in [-0.1, -0.05) is 0 Å². The van der Waals surface area contributed by atoms with E-state index < -0.39 is 12.1 Å². The van der Waals surface area contributed by atoms with Gasteiger partial charge in [0.15, 0.2) is 0 Å². The summed E-state index contributed by atoms with van der Waals surface area (Å²) >= 11 is 0. The van der Waals surface area contributed by atoms with Gasteiger partial charge in [0.1, 0.15) is 5.69 Å². The Morgan fingerprint density at radius 1 is 1.22 bits per heavy atom. The smallest absolute Gasteiger partial charge is 0.340 e. The van der Waals surface area contributed by atoms with Crippen LogP contribution in [-0.2, 0) is 14.2 Å². The normalized spacial score (nSPS) is 12.3. The van der Waals surface area contributed by atoms with Crippen molar-refractivity contribution >= 4 is 11.9 Å². The van der Waals surface area contributed by atoms with Crippen LogP contribution in [0.25, 0.3) is 0 Å². The van der Waals surface area contributed by atoms with Gasteiger partial charge in [-0.2, -0.15) is 0 Å². The van der Waals surface area contributed by atoms with E-state index in [0.717, 1.165) is 0 Å². The predicted octanol–water partition coefficient (Wildman–Crippen LogP) is 1.68. The number of aromatic amines is 1. The maximum atomic E-state index is 12.7. The molecule has 27 heavy (non-hydrogen) atoms. The monoisotopic (exact) mass is 384 g/mol. The molecular weight excluding hydrogens is 352 g/mol. The van der Waals surface area contributed by atoms with E-state index in [1.165, 1.54) is 4.90 Å². The van der Waals surface area contributed by atoms with Crippen molar-refractivity contribution < 1.29 is 28.9 Å². The second-order valence-electron chi connectivity index (χ2n) is 6.68. The molecule has 2 N–H and O–H groups in total. The molecule has 1 rings (SSSR count). The largest absolute Gasteiger partial charge is 0.462 e. The summed E-state index contributed by atoms with van der Waals surface area (Å²) in [5.41, 5.74) is 1.82. The highest BCUT2D eigenvalue weighted by molar-refractivity contribution is 6.00. The van der Waals surface area contributed by atoms with Crippen molar-refractivity contribution in [3.8, 4) is 0 Å². The quantitative estimate of drug-likeness (QED) is 0.445. The van der Waals surface area contributed by atoms with Crippen LogP contribution >= 0.6 is 0 Å². The Balaban J connectivity index is 2.61. The molecule has 0 aliphatic carbocycles. The maximum Gasteiger partial charge on any atom is 0.340 e. The number of aliphatic hydroxyl groups excluding tert-OH is 1. The second kappa shape index (κ2) is 11.1. The Morgan fingerprint density at radius 2 is 1.89 bits per heavy atom. The summed E-state index contributed by atoms with van der Waals surface area (Å²) in [6.45, 7) is 10.3. The van der Waals surface area contributed by atoms with E-state index >= 15 is 0 Å². The summed E-state index contributed by atoms with van der Waals surface area (Å²) < 4.78 is 15.7. The first-order valence-electron chi connectivity index (χ1n) is 9.18. The summed E-state index contributed by atoms with van der Waals surface area (Å²) in [5, 5.41) is 10.1. The molecule has 154 valence electrons. The van der Waals surface area contributed by atoms with Gasteiger partial charge in [0.05, 0.1) is 44.2 Å². The summed E-state index contributed by atoms with van der Waals surface area (Å²) in [4.78, 5) is 29.1. The minimum Gasteiger partial charge on any atom is -0.462 e. The molecule has 0 aromatic carbocycles. The molecule has 0 spiro atoms. The van der Waals surface area contributed by atoms with Gasteiger partial charge in [0.2, 0.25) is 0 Å². The molecule has 8 nitrogen and oxygen atoms in total. The number of carbonyl (C=O) groups excluding carboxylic acids is 2. The van der Waals surface area contributed by atoms with Crippen molar-refractivity contribution in [3.05, 3.63) is 22.5 Å². The fourth-order valence-corrected chi connectivity index (χ4v) is 2.68. The number of likely N-dealkylation sites (N-methyl/N-ethyl adjacent to an activating group) is 1. The standard InChI is InChI=1S/C19H32N2O6/c1-7-26-19(24)16-13(4)17(20-14(16)5)18(23)21(6)10-15(22)11-25-8-9-27-12(2)3/h12,15,20,22H,7-11H2,1-6H3/t15-/m1/s1. The first kappa shape index (κ1) is 23.1. The van der Waals surface area contributed by atoms with E-state index in [-0.39, 0.29) is 31.8 Å². The van der Waals surface area contributed by atoms with Gasteiger partial charge in [-0.25, -0.2) is 4.79 Å². The molecule has 0 aliphatic heterocycles. The van der Waals surface area contributed by atoms with Gasteiger partial charge in [-0.3, -0.25) is 4.79 Å². The number of aromatic nitrogens is 1. The first-order valence-corrected chi connectivity index (χ1v) is 9.18. The predicted molar refractivity (Wildman–Crippen MR) is 101 cm³/mol. The zero-order valence-electron chi connectivity index (χ0n) is 17.1. The van der Waals surface area contributed by atoms with Gasteiger partial charge in [-0.15, -0.1) is 0 Å². The lowest BCUT2D eigenvalue weighted by molar-refractivity contribution is -0.0160. The van der Waals surface area contributed by atoms with E-state index in [9.17, 15) is 14.7 Å². The van der Waals surface area contributed by atoms with Crippen molar-refractivity contribution in [2.45, 2.75) is 46.8 Å². The summed E-state index contributed by atoms with van der Waals surface area (Å²) in [7, 11) is 1.59. The van der Waals surface area contributed by atoms with Crippen molar-refractivity contribution in [3.63, 3.8) is 0 Å². The van der Waals surface area contributed by atoms with Crippen LogP contribution in [0.1, 0.15) is 52.9 Å². The van der Waals surface area contributed by atoms with Crippen LogP contribution in [-0.4, -0.2) is 79.1 Å². The van der Waals surface area contributed by atoms with Gasteiger partial charge in [-0.05, 0) is 40.2 Å². The van der Waals surface area contributed by atoms with Crippen LogP contribution in [0, 0.1) is 13.8 Å². The van der Waals surface area contributed by atoms with Crippen LogP contribution in [0.4, 0.5) is 0 Å². The van der Waals surface area contributed by atoms with Crippen molar-refractivity contribution in [1.29, 1.82) is 0 Å². The van der Waals surface area contributed by atoms with E-state index in [1.54, 1.807) is 27.8 Å². The molecule has 1 heterocycles. The third-order valence-corrected chi connectivity index (χ3v) is 3.95. The fourth-order valence-electron chi connectivity index (χ4n) is 2.68. The lowest BCUT2D eigenvalue weighted by atomic mass is 10.1. The van der Waals surface area contributed by atoms with Crippen molar-refractivity contribution in [2.24, 2.45) is 0 Å². The SMILES string of the molecule is CCOC(=O)c1c(C)[nH]c(C(=O)N(C)C[C@@H](O)COCCOC(C)C)c1C. The van der Waals surface area contributed by atoms with E-state index in [1.807, 2.05) is 13.8 Å².